The van der Waals surface area contributed by atoms with E-state index in [0.717, 1.165) is 24.2 Å². The van der Waals surface area contributed by atoms with Gasteiger partial charge >= 0.3 is 0 Å². The molecule has 2 aliphatic carbocycles. The van der Waals surface area contributed by atoms with Crippen molar-refractivity contribution in [2.24, 2.45) is 0 Å². The Morgan fingerprint density at radius 2 is 2.08 bits per heavy atom. The Hall–Kier alpha value is -1.65. The molecule has 0 spiro atoms. The summed E-state index contributed by atoms with van der Waals surface area (Å²) < 4.78 is 21.4. The Bertz CT molecular complexity index is 1230. The predicted molar refractivity (Wildman–Crippen MR) is 141 cm³/mol. The van der Waals surface area contributed by atoms with E-state index in [2.05, 4.69) is 27.5 Å². The number of hydrogen-bond donors (Lipinski definition) is 4. The lowest BCUT2D eigenvalue weighted by Crippen LogP contribution is -2.33. The quantitative estimate of drug-likeness (QED) is 0.150. The Kier molecular flexibility index (Phi) is 7.93. The van der Waals surface area contributed by atoms with E-state index in [1.807, 2.05) is 34.7 Å². The molecular weight excluding hydrogens is 602 g/mol. The second-order valence-corrected chi connectivity index (χ2v) is 11.3. The van der Waals surface area contributed by atoms with Crippen molar-refractivity contribution in [3.63, 3.8) is 0 Å². The first kappa shape index (κ1) is 26.0. The summed E-state index contributed by atoms with van der Waals surface area (Å²) >= 11 is 3.53. The fourth-order valence-electron chi connectivity index (χ4n) is 4.61. The van der Waals surface area contributed by atoms with E-state index >= 15 is 0 Å². The molecule has 2 fully saturated rings. The summed E-state index contributed by atoms with van der Waals surface area (Å²) in [6.45, 7) is 1.98. The lowest BCUT2D eigenvalue weighted by atomic mass is 10.1. The largest absolute Gasteiger partial charge is 0.394 e. The molecule has 2 aromatic heterocycles. The Morgan fingerprint density at radius 3 is 2.83 bits per heavy atom. The van der Waals surface area contributed by atoms with Crippen molar-refractivity contribution in [3.05, 3.63) is 33.1 Å². The van der Waals surface area contributed by atoms with Crippen molar-refractivity contribution in [2.75, 3.05) is 24.3 Å². The zero-order valence-electron chi connectivity index (χ0n) is 19.6. The third kappa shape index (κ3) is 5.18. The van der Waals surface area contributed by atoms with Gasteiger partial charge in [-0.15, -0.1) is 5.10 Å². The molecule has 1 aromatic carbocycles. The normalized spacial score (nSPS) is 27.6. The maximum Gasteiger partial charge on any atom is 0.191 e. The molecule has 10 nitrogen and oxygen atoms in total. The molecule has 4 N–H and O–H groups in total. The number of aliphatic hydroxyl groups excluding tert-OH is 3. The van der Waals surface area contributed by atoms with Gasteiger partial charge in [0.05, 0.1) is 25.4 Å². The summed E-state index contributed by atoms with van der Waals surface area (Å²) in [5, 5.41) is 42.9. The fourth-order valence-corrected chi connectivity index (χ4v) is 5.85. The zero-order chi connectivity index (χ0) is 25.4. The molecule has 0 unspecified atom stereocenters. The summed E-state index contributed by atoms with van der Waals surface area (Å²) in [4.78, 5) is 9.39. The van der Waals surface area contributed by atoms with Crippen molar-refractivity contribution in [2.45, 2.75) is 67.7 Å². The summed E-state index contributed by atoms with van der Waals surface area (Å²) in [5.74, 6) is 1.42. The molecular formula is C23H28FIN6O4S. The Balaban J connectivity index is 1.43. The molecule has 0 amide bonds. The van der Waals surface area contributed by atoms with Crippen LogP contribution in [0, 0.1) is 9.39 Å². The minimum atomic E-state index is -1.12. The lowest BCUT2D eigenvalue weighted by Gasteiger charge is -2.17. The van der Waals surface area contributed by atoms with Gasteiger partial charge in [-0.3, -0.25) is 0 Å². The van der Waals surface area contributed by atoms with Gasteiger partial charge in [-0.05, 0) is 53.1 Å². The second kappa shape index (κ2) is 11.0. The van der Waals surface area contributed by atoms with Gasteiger partial charge in [-0.1, -0.05) is 30.0 Å². The van der Waals surface area contributed by atoms with Crippen LogP contribution in [0.25, 0.3) is 11.2 Å². The number of halogens is 2. The monoisotopic (exact) mass is 630 g/mol. The van der Waals surface area contributed by atoms with Gasteiger partial charge in [0.25, 0.3) is 0 Å². The number of nitrogens with zero attached hydrogens (tertiary/aromatic N) is 5. The van der Waals surface area contributed by atoms with Crippen LogP contribution in [0.5, 0.6) is 0 Å². The van der Waals surface area contributed by atoms with Gasteiger partial charge in [0.15, 0.2) is 22.1 Å². The van der Waals surface area contributed by atoms with Crippen molar-refractivity contribution in [1.82, 2.24) is 25.0 Å². The van der Waals surface area contributed by atoms with Crippen molar-refractivity contribution >= 4 is 51.3 Å². The van der Waals surface area contributed by atoms with Crippen LogP contribution >= 0.6 is 34.4 Å². The molecule has 0 aliphatic heterocycles. The van der Waals surface area contributed by atoms with E-state index in [1.54, 1.807) is 4.68 Å². The minimum absolute atomic E-state index is 0.0724. The molecule has 36 heavy (non-hydrogen) atoms. The van der Waals surface area contributed by atoms with Gasteiger partial charge < -0.3 is 25.4 Å². The van der Waals surface area contributed by atoms with Gasteiger partial charge in [0.2, 0.25) is 0 Å². The SMILES string of the molecule is CCCSc1nc(N[C@@H]2C[C@H]2c2ccc(F)c(I)c2)c2nnn([C@@H]3C[C@H](OCCO)[C@@H](O)[C@H]3O)c2n1. The fraction of sp³-hybridized carbons (Fsp3) is 0.565. The highest BCUT2D eigenvalue weighted by atomic mass is 127. The van der Waals surface area contributed by atoms with Gasteiger partial charge in [0.1, 0.15) is 18.0 Å². The first-order valence-corrected chi connectivity index (χ1v) is 14.0. The van der Waals surface area contributed by atoms with Gasteiger partial charge in [0, 0.05) is 27.7 Å². The van der Waals surface area contributed by atoms with Crippen molar-refractivity contribution in [1.29, 1.82) is 0 Å². The number of thioether (sulfide) groups is 1. The van der Waals surface area contributed by atoms with E-state index in [1.165, 1.54) is 17.8 Å². The van der Waals surface area contributed by atoms with Crippen LogP contribution in [0.3, 0.4) is 0 Å². The van der Waals surface area contributed by atoms with Gasteiger partial charge in [-0.25, -0.2) is 19.0 Å². The molecule has 6 atom stereocenters. The molecule has 0 radical (unpaired) electrons. The Labute approximate surface area is 225 Å². The summed E-state index contributed by atoms with van der Waals surface area (Å²) in [6, 6.07) is 4.72. The number of aromatic nitrogens is 5. The minimum Gasteiger partial charge on any atom is -0.394 e. The average Bonchev–Trinajstić information content (AvgIpc) is 3.41. The third-order valence-corrected chi connectivity index (χ3v) is 8.44. The van der Waals surface area contributed by atoms with E-state index < -0.39 is 24.4 Å². The summed E-state index contributed by atoms with van der Waals surface area (Å²) in [5.41, 5.74) is 2.03. The smallest absolute Gasteiger partial charge is 0.191 e. The summed E-state index contributed by atoms with van der Waals surface area (Å²) in [7, 11) is 0. The molecule has 194 valence electrons. The van der Waals surface area contributed by atoms with E-state index in [0.29, 0.717) is 32.1 Å². The number of nitrogens with one attached hydrogen (secondary N) is 1. The standard InChI is InChI=1S/C23H28FIN6O4S/c1-2-7-36-23-27-21(26-15-9-12(15)11-3-4-13(24)14(25)8-11)18-22(28-23)31(30-29-18)16-10-17(35-6-5-32)20(34)19(16)33/h3-4,8,12,15-17,19-20,32-34H,2,5-7,9-10H2,1H3,(H,26,27,28)/t12-,15+,16+,17-,19-,20+/m0/s1. The summed E-state index contributed by atoms with van der Waals surface area (Å²) in [6.07, 6.45) is -0.715. The molecule has 2 saturated carbocycles. The highest BCUT2D eigenvalue weighted by Gasteiger charge is 2.45. The van der Waals surface area contributed by atoms with Crippen LogP contribution in [-0.4, -0.2) is 83.6 Å². The molecule has 3 aromatic rings. The number of fused-ring (bicyclic) bond motifs is 1. The van der Waals surface area contributed by atoms with Crippen LogP contribution in [-0.2, 0) is 4.74 Å². The average molecular weight is 630 g/mol. The number of hydrogen-bond acceptors (Lipinski definition) is 10. The first-order valence-electron chi connectivity index (χ1n) is 12.0. The van der Waals surface area contributed by atoms with Crippen LogP contribution in [0.4, 0.5) is 10.2 Å². The van der Waals surface area contributed by atoms with Gasteiger partial charge in [-0.2, -0.15) is 0 Å². The molecule has 5 rings (SSSR count). The topological polar surface area (TPSA) is 138 Å². The lowest BCUT2D eigenvalue weighted by molar-refractivity contribution is -0.0629. The molecule has 0 saturated heterocycles. The predicted octanol–water partition coefficient (Wildman–Crippen LogP) is 2.48. The number of benzene rings is 1. The van der Waals surface area contributed by atoms with Crippen LogP contribution in [0.1, 0.15) is 43.7 Å². The zero-order valence-corrected chi connectivity index (χ0v) is 22.6. The second-order valence-electron chi connectivity index (χ2n) is 9.09. The van der Waals surface area contributed by atoms with Crippen molar-refractivity contribution < 1.29 is 24.4 Å². The van der Waals surface area contributed by atoms with Crippen molar-refractivity contribution in [3.8, 4) is 0 Å². The number of aliphatic hydroxyl groups is 3. The molecule has 2 aliphatic rings. The molecule has 2 heterocycles. The maximum atomic E-state index is 13.7. The number of anilines is 1. The van der Waals surface area contributed by atoms with E-state index in [4.69, 9.17) is 14.8 Å². The maximum absolute atomic E-state index is 13.7. The van der Waals surface area contributed by atoms with Crippen LogP contribution in [0.2, 0.25) is 0 Å². The Morgan fingerprint density at radius 1 is 1.25 bits per heavy atom. The van der Waals surface area contributed by atoms with E-state index in [9.17, 15) is 14.6 Å². The number of ether oxygens (including phenoxy) is 1. The highest BCUT2D eigenvalue weighted by Crippen LogP contribution is 2.44. The van der Waals surface area contributed by atoms with Crippen LogP contribution < -0.4 is 5.32 Å². The first-order chi connectivity index (χ1) is 17.4. The molecule has 13 heteroatoms. The van der Waals surface area contributed by atoms with E-state index in [-0.39, 0.29) is 31.0 Å². The highest BCUT2D eigenvalue weighted by molar-refractivity contribution is 14.1. The third-order valence-electron chi connectivity index (χ3n) is 6.56. The van der Waals surface area contributed by atoms with Crippen LogP contribution in [0.15, 0.2) is 23.4 Å². The number of rotatable bonds is 10. The molecule has 0 bridgehead atoms.